The molecule has 1 amide bonds. The molecule has 1 N–H and O–H groups in total. The molecule has 0 aromatic rings. The predicted octanol–water partition coefficient (Wildman–Crippen LogP) is -0.0961. The van der Waals surface area contributed by atoms with Gasteiger partial charge >= 0.3 is 12.1 Å². The zero-order valence-corrected chi connectivity index (χ0v) is 6.42. The van der Waals surface area contributed by atoms with Crippen molar-refractivity contribution in [2.75, 3.05) is 14.2 Å². The summed E-state index contributed by atoms with van der Waals surface area (Å²) in [5.74, 6) is -0.657. The van der Waals surface area contributed by atoms with E-state index in [9.17, 15) is 9.59 Å². The Balaban J connectivity index is 3.99. The summed E-state index contributed by atoms with van der Waals surface area (Å²) in [5, 5.41) is 2.14. The Morgan fingerprint density at radius 1 is 1.45 bits per heavy atom. The van der Waals surface area contributed by atoms with Crippen LogP contribution in [0.1, 0.15) is 8.27 Å². The van der Waals surface area contributed by atoms with Gasteiger partial charge in [0.25, 0.3) is 0 Å². The monoisotopic (exact) mass is 162 g/mol. The van der Waals surface area contributed by atoms with Crippen molar-refractivity contribution in [3.8, 4) is 0 Å². The molecule has 0 heterocycles. The smallest absolute Gasteiger partial charge is 0.407 e. The highest BCUT2D eigenvalue weighted by Crippen LogP contribution is 1.85. The van der Waals surface area contributed by atoms with Crippen molar-refractivity contribution in [2.24, 2.45) is 0 Å². The SMILES string of the molecule is [2H]CC(NC(=O)OC)C(=O)OC. The average molecular weight is 162 g/mol. The number of alkyl carbamates (subject to hydrolysis) is 1. The van der Waals surface area contributed by atoms with E-state index in [-0.39, 0.29) is 6.90 Å². The van der Waals surface area contributed by atoms with Gasteiger partial charge in [0.05, 0.1) is 14.2 Å². The van der Waals surface area contributed by atoms with E-state index in [0.717, 1.165) is 0 Å². The van der Waals surface area contributed by atoms with Gasteiger partial charge in [-0.05, 0) is 6.90 Å². The fourth-order valence-electron chi connectivity index (χ4n) is 0.402. The summed E-state index contributed by atoms with van der Waals surface area (Å²) in [4.78, 5) is 21.4. The average Bonchev–Trinajstić information content (AvgIpc) is 2.12. The van der Waals surface area contributed by atoms with Gasteiger partial charge in [0.15, 0.2) is 0 Å². The molecular weight excluding hydrogens is 150 g/mol. The van der Waals surface area contributed by atoms with Crippen molar-refractivity contribution in [1.82, 2.24) is 5.32 Å². The lowest BCUT2D eigenvalue weighted by Crippen LogP contribution is -2.38. The molecule has 0 spiro atoms. The normalized spacial score (nSPS) is 12.7. The van der Waals surface area contributed by atoms with Crippen molar-refractivity contribution in [1.29, 1.82) is 0 Å². The van der Waals surface area contributed by atoms with Crippen LogP contribution in [0.2, 0.25) is 0 Å². The topological polar surface area (TPSA) is 64.6 Å². The molecule has 0 aromatic carbocycles. The van der Waals surface area contributed by atoms with Crippen LogP contribution in [-0.4, -0.2) is 32.3 Å². The number of carbonyl (C=O) groups is 2. The van der Waals surface area contributed by atoms with Gasteiger partial charge in [0, 0.05) is 1.37 Å². The zero-order chi connectivity index (χ0) is 9.56. The van der Waals surface area contributed by atoms with E-state index in [0.29, 0.717) is 0 Å². The molecule has 0 aliphatic rings. The first kappa shape index (κ1) is 7.84. The van der Waals surface area contributed by atoms with Crippen LogP contribution >= 0.6 is 0 Å². The number of carbonyl (C=O) groups excluding carboxylic acids is 2. The van der Waals surface area contributed by atoms with E-state index >= 15 is 0 Å². The molecule has 0 saturated carbocycles. The molecule has 5 heteroatoms. The number of esters is 1. The van der Waals surface area contributed by atoms with E-state index in [1.165, 1.54) is 14.2 Å². The van der Waals surface area contributed by atoms with Crippen LogP contribution in [0.4, 0.5) is 4.79 Å². The highest BCUT2D eigenvalue weighted by molar-refractivity contribution is 5.80. The van der Waals surface area contributed by atoms with Crippen molar-refractivity contribution < 1.29 is 20.4 Å². The van der Waals surface area contributed by atoms with E-state index in [1.807, 2.05) is 0 Å². The number of ether oxygens (including phenoxy) is 2. The Labute approximate surface area is 66.1 Å². The van der Waals surface area contributed by atoms with Gasteiger partial charge in [-0.3, -0.25) is 0 Å². The van der Waals surface area contributed by atoms with Crippen molar-refractivity contribution in [3.63, 3.8) is 0 Å². The minimum Gasteiger partial charge on any atom is -0.467 e. The third-order valence-electron chi connectivity index (χ3n) is 0.963. The van der Waals surface area contributed by atoms with Gasteiger partial charge in [-0.1, -0.05) is 0 Å². The molecule has 0 radical (unpaired) electrons. The molecule has 1 atom stereocenters. The fourth-order valence-corrected chi connectivity index (χ4v) is 0.402. The standard InChI is InChI=1S/C6H11NO4/c1-4(5(8)10-2)7-6(9)11-3/h4H,1-3H3,(H,7,9)/i1D. The van der Waals surface area contributed by atoms with E-state index in [2.05, 4.69) is 14.8 Å². The summed E-state index contributed by atoms with van der Waals surface area (Å²) in [6.45, 7) is -0.276. The maximum Gasteiger partial charge on any atom is 0.407 e. The van der Waals surface area contributed by atoms with Gasteiger partial charge in [0.1, 0.15) is 6.04 Å². The minimum absolute atomic E-state index is 0.276. The van der Waals surface area contributed by atoms with Crippen molar-refractivity contribution >= 4 is 12.1 Å². The molecule has 11 heavy (non-hydrogen) atoms. The van der Waals surface area contributed by atoms with Gasteiger partial charge in [-0.15, -0.1) is 0 Å². The van der Waals surface area contributed by atoms with Crippen molar-refractivity contribution in [2.45, 2.75) is 12.9 Å². The number of amides is 1. The molecule has 5 nitrogen and oxygen atoms in total. The zero-order valence-electron chi connectivity index (χ0n) is 7.42. The maximum absolute atomic E-state index is 10.8. The van der Waals surface area contributed by atoms with E-state index in [1.54, 1.807) is 0 Å². The Bertz CT molecular complexity index is 173. The second-order valence-electron chi connectivity index (χ2n) is 1.71. The quantitative estimate of drug-likeness (QED) is 0.576. The Hall–Kier alpha value is -1.26. The Kier molecular flexibility index (Phi) is 3.24. The highest BCUT2D eigenvalue weighted by Gasteiger charge is 2.15. The largest absolute Gasteiger partial charge is 0.467 e. The maximum atomic E-state index is 10.8. The summed E-state index contributed by atoms with van der Waals surface area (Å²) in [7, 11) is 2.36. The van der Waals surface area contributed by atoms with Crippen LogP contribution < -0.4 is 5.32 Å². The molecule has 0 saturated heterocycles. The van der Waals surface area contributed by atoms with Crippen LogP contribution in [0.3, 0.4) is 0 Å². The van der Waals surface area contributed by atoms with E-state index in [4.69, 9.17) is 1.37 Å². The molecule has 0 rings (SSSR count). The van der Waals surface area contributed by atoms with Crippen LogP contribution in [0, 0.1) is 0 Å². The van der Waals surface area contributed by atoms with Crippen LogP contribution in [-0.2, 0) is 14.3 Å². The first-order valence-electron chi connectivity index (χ1n) is 3.58. The molecule has 64 valence electrons. The summed E-state index contributed by atoms with van der Waals surface area (Å²) in [5.41, 5.74) is 0. The molecule has 0 aliphatic heterocycles. The number of hydrogen-bond donors (Lipinski definition) is 1. The first-order valence-corrected chi connectivity index (χ1v) is 2.87. The molecule has 1 unspecified atom stereocenters. The summed E-state index contributed by atoms with van der Waals surface area (Å²) in [6.07, 6.45) is -0.752. The molecule has 0 aromatic heterocycles. The summed E-state index contributed by atoms with van der Waals surface area (Å²) >= 11 is 0. The third-order valence-corrected chi connectivity index (χ3v) is 0.963. The van der Waals surface area contributed by atoms with Crippen LogP contribution in [0.25, 0.3) is 0 Å². The van der Waals surface area contributed by atoms with Crippen LogP contribution in [0.15, 0.2) is 0 Å². The first-order chi connectivity index (χ1) is 5.65. The van der Waals surface area contributed by atoms with Gasteiger partial charge in [-0.2, -0.15) is 0 Å². The van der Waals surface area contributed by atoms with Gasteiger partial charge in [0.2, 0.25) is 0 Å². The number of hydrogen-bond acceptors (Lipinski definition) is 4. The predicted molar refractivity (Wildman–Crippen MR) is 37.0 cm³/mol. The molecule has 0 fully saturated rings. The second kappa shape index (κ2) is 4.54. The lowest BCUT2D eigenvalue weighted by molar-refractivity contribution is -0.142. The number of methoxy groups -OCH3 is 2. The summed E-state index contributed by atoms with van der Waals surface area (Å²) in [6, 6.07) is -0.956. The van der Waals surface area contributed by atoms with Gasteiger partial charge < -0.3 is 14.8 Å². The lowest BCUT2D eigenvalue weighted by atomic mass is 10.3. The minimum atomic E-state index is -0.956. The van der Waals surface area contributed by atoms with E-state index < -0.39 is 18.1 Å². The lowest BCUT2D eigenvalue weighted by Gasteiger charge is -2.09. The van der Waals surface area contributed by atoms with Gasteiger partial charge in [-0.25, -0.2) is 9.59 Å². The molecule has 0 bridgehead atoms. The van der Waals surface area contributed by atoms with Crippen LogP contribution in [0.5, 0.6) is 0 Å². The summed E-state index contributed by atoms with van der Waals surface area (Å²) < 4.78 is 15.4. The fraction of sp³-hybridized carbons (Fsp3) is 0.667. The Morgan fingerprint density at radius 2 is 2.09 bits per heavy atom. The second-order valence-corrected chi connectivity index (χ2v) is 1.71. The number of rotatable bonds is 2. The third kappa shape index (κ3) is 3.44. The molecular formula is C6H11NO4. The highest BCUT2D eigenvalue weighted by atomic mass is 16.5. The Morgan fingerprint density at radius 3 is 2.45 bits per heavy atom. The van der Waals surface area contributed by atoms with Crippen molar-refractivity contribution in [3.05, 3.63) is 0 Å². The number of nitrogens with one attached hydrogen (secondary N) is 1. The molecule has 0 aliphatic carbocycles.